The Kier molecular flexibility index (Phi) is 4.98. The van der Waals surface area contributed by atoms with Gasteiger partial charge in [0.25, 0.3) is 5.91 Å². The SMILES string of the molecule is CCc1ccc(C(=O)NCCOc2ccccc2)s1. The molecule has 1 N–H and O–H groups in total. The third-order valence-electron chi connectivity index (χ3n) is 2.63. The number of amides is 1. The monoisotopic (exact) mass is 275 g/mol. The van der Waals surface area contributed by atoms with Crippen molar-refractivity contribution in [3.63, 3.8) is 0 Å². The van der Waals surface area contributed by atoms with Crippen molar-refractivity contribution in [3.05, 3.63) is 52.2 Å². The maximum Gasteiger partial charge on any atom is 0.261 e. The summed E-state index contributed by atoms with van der Waals surface area (Å²) in [5.41, 5.74) is 0. The first-order chi connectivity index (χ1) is 9.29. The van der Waals surface area contributed by atoms with Crippen LogP contribution in [0.2, 0.25) is 0 Å². The second kappa shape index (κ2) is 6.95. The molecule has 100 valence electrons. The lowest BCUT2D eigenvalue weighted by Crippen LogP contribution is -2.27. The van der Waals surface area contributed by atoms with E-state index in [0.29, 0.717) is 13.2 Å². The summed E-state index contributed by atoms with van der Waals surface area (Å²) in [4.78, 5) is 13.8. The average molecular weight is 275 g/mol. The molecule has 0 unspecified atom stereocenters. The fourth-order valence-corrected chi connectivity index (χ4v) is 2.49. The molecule has 1 heterocycles. The van der Waals surface area contributed by atoms with Crippen LogP contribution in [0.1, 0.15) is 21.5 Å². The number of hydrogen-bond acceptors (Lipinski definition) is 3. The molecule has 0 aliphatic carbocycles. The molecule has 1 aromatic carbocycles. The van der Waals surface area contributed by atoms with E-state index in [2.05, 4.69) is 12.2 Å². The number of rotatable bonds is 6. The Labute approximate surface area is 117 Å². The van der Waals surface area contributed by atoms with E-state index < -0.39 is 0 Å². The fraction of sp³-hybridized carbons (Fsp3) is 0.267. The molecule has 0 radical (unpaired) electrons. The highest BCUT2D eigenvalue weighted by Crippen LogP contribution is 2.16. The number of aryl methyl sites for hydroxylation is 1. The second-order valence-electron chi connectivity index (χ2n) is 4.04. The standard InChI is InChI=1S/C15H17NO2S/c1-2-13-8-9-14(19-13)15(17)16-10-11-18-12-6-4-3-5-7-12/h3-9H,2,10-11H2,1H3,(H,16,17). The molecule has 0 spiro atoms. The molecular weight excluding hydrogens is 258 g/mol. The van der Waals surface area contributed by atoms with Crippen molar-refractivity contribution in [2.24, 2.45) is 0 Å². The predicted molar refractivity (Wildman–Crippen MR) is 78.0 cm³/mol. The zero-order valence-electron chi connectivity index (χ0n) is 10.9. The van der Waals surface area contributed by atoms with Crippen molar-refractivity contribution in [2.45, 2.75) is 13.3 Å². The summed E-state index contributed by atoms with van der Waals surface area (Å²) in [6, 6.07) is 13.5. The summed E-state index contributed by atoms with van der Waals surface area (Å²) in [5.74, 6) is 0.794. The molecule has 3 nitrogen and oxygen atoms in total. The third-order valence-corrected chi connectivity index (χ3v) is 3.86. The number of nitrogens with one attached hydrogen (secondary N) is 1. The molecule has 2 aromatic rings. The molecule has 1 aromatic heterocycles. The quantitative estimate of drug-likeness (QED) is 0.823. The number of carbonyl (C=O) groups is 1. The Balaban J connectivity index is 1.72. The van der Waals surface area contributed by atoms with E-state index in [9.17, 15) is 4.79 Å². The number of carbonyl (C=O) groups excluding carboxylic acids is 1. The largest absolute Gasteiger partial charge is 0.492 e. The zero-order chi connectivity index (χ0) is 13.5. The van der Waals surface area contributed by atoms with E-state index >= 15 is 0 Å². The maximum atomic E-state index is 11.8. The van der Waals surface area contributed by atoms with E-state index in [1.807, 2.05) is 42.5 Å². The van der Waals surface area contributed by atoms with Crippen LogP contribution in [0.4, 0.5) is 0 Å². The predicted octanol–water partition coefficient (Wildman–Crippen LogP) is 3.12. The molecule has 0 atom stereocenters. The van der Waals surface area contributed by atoms with Crippen LogP contribution < -0.4 is 10.1 Å². The lowest BCUT2D eigenvalue weighted by molar-refractivity contribution is 0.0951. The summed E-state index contributed by atoms with van der Waals surface area (Å²) < 4.78 is 5.51. The fourth-order valence-electron chi connectivity index (χ4n) is 1.63. The summed E-state index contributed by atoms with van der Waals surface area (Å²) in [6.45, 7) is 3.07. The smallest absolute Gasteiger partial charge is 0.261 e. The van der Waals surface area contributed by atoms with Crippen molar-refractivity contribution >= 4 is 17.2 Å². The van der Waals surface area contributed by atoms with Gasteiger partial charge in [0.1, 0.15) is 12.4 Å². The summed E-state index contributed by atoms with van der Waals surface area (Å²) >= 11 is 1.54. The number of ether oxygens (including phenoxy) is 1. The van der Waals surface area contributed by atoms with Crippen LogP contribution in [0.15, 0.2) is 42.5 Å². The van der Waals surface area contributed by atoms with Crippen LogP contribution in [0.5, 0.6) is 5.75 Å². The molecule has 1 amide bonds. The van der Waals surface area contributed by atoms with E-state index in [1.165, 1.54) is 4.88 Å². The maximum absolute atomic E-state index is 11.8. The van der Waals surface area contributed by atoms with Crippen molar-refractivity contribution in [1.82, 2.24) is 5.32 Å². The van der Waals surface area contributed by atoms with Gasteiger partial charge in [-0.05, 0) is 30.7 Å². The first kappa shape index (κ1) is 13.6. The molecule has 2 rings (SSSR count). The third kappa shape index (κ3) is 4.10. The topological polar surface area (TPSA) is 38.3 Å². The number of para-hydroxylation sites is 1. The summed E-state index contributed by atoms with van der Waals surface area (Å²) in [5, 5.41) is 2.85. The normalized spacial score (nSPS) is 10.2. The molecule has 0 aliphatic rings. The highest BCUT2D eigenvalue weighted by molar-refractivity contribution is 7.14. The van der Waals surface area contributed by atoms with Gasteiger partial charge in [-0.3, -0.25) is 4.79 Å². The van der Waals surface area contributed by atoms with Crippen molar-refractivity contribution < 1.29 is 9.53 Å². The van der Waals surface area contributed by atoms with E-state index in [4.69, 9.17) is 4.74 Å². The minimum absolute atomic E-state index is 0.0265. The molecule has 4 heteroatoms. The Morgan fingerprint density at radius 1 is 1.21 bits per heavy atom. The second-order valence-corrected chi connectivity index (χ2v) is 5.21. The van der Waals surface area contributed by atoms with Gasteiger partial charge in [-0.1, -0.05) is 25.1 Å². The minimum Gasteiger partial charge on any atom is -0.492 e. The molecule has 0 aliphatic heterocycles. The molecule has 0 saturated heterocycles. The highest BCUT2D eigenvalue weighted by atomic mass is 32.1. The molecule has 0 bridgehead atoms. The van der Waals surface area contributed by atoms with Gasteiger partial charge >= 0.3 is 0 Å². The van der Waals surface area contributed by atoms with Crippen LogP contribution in [0, 0.1) is 0 Å². The van der Waals surface area contributed by atoms with E-state index in [1.54, 1.807) is 11.3 Å². The van der Waals surface area contributed by atoms with Crippen molar-refractivity contribution in [3.8, 4) is 5.75 Å². The minimum atomic E-state index is -0.0265. The average Bonchev–Trinajstić information content (AvgIpc) is 2.93. The zero-order valence-corrected chi connectivity index (χ0v) is 11.7. The Hall–Kier alpha value is -1.81. The number of benzene rings is 1. The van der Waals surface area contributed by atoms with Gasteiger partial charge in [-0.2, -0.15) is 0 Å². The van der Waals surface area contributed by atoms with Gasteiger partial charge in [0.15, 0.2) is 0 Å². The van der Waals surface area contributed by atoms with Crippen molar-refractivity contribution in [2.75, 3.05) is 13.2 Å². The number of thiophene rings is 1. The lowest BCUT2D eigenvalue weighted by atomic mass is 10.3. The van der Waals surface area contributed by atoms with Gasteiger partial charge in [0.2, 0.25) is 0 Å². The van der Waals surface area contributed by atoms with Crippen LogP contribution in [0.25, 0.3) is 0 Å². The van der Waals surface area contributed by atoms with Crippen LogP contribution >= 0.6 is 11.3 Å². The van der Waals surface area contributed by atoms with Crippen LogP contribution in [-0.4, -0.2) is 19.1 Å². The molecule has 0 fully saturated rings. The Morgan fingerprint density at radius 2 is 2.00 bits per heavy atom. The highest BCUT2D eigenvalue weighted by Gasteiger charge is 2.07. The van der Waals surface area contributed by atoms with Gasteiger partial charge in [0, 0.05) is 4.88 Å². The van der Waals surface area contributed by atoms with E-state index in [0.717, 1.165) is 17.0 Å². The van der Waals surface area contributed by atoms with Crippen LogP contribution in [-0.2, 0) is 6.42 Å². The Bertz CT molecular complexity index is 522. The Morgan fingerprint density at radius 3 is 2.68 bits per heavy atom. The lowest BCUT2D eigenvalue weighted by Gasteiger charge is -2.06. The summed E-state index contributed by atoms with van der Waals surface area (Å²) in [6.07, 6.45) is 0.967. The van der Waals surface area contributed by atoms with Gasteiger partial charge < -0.3 is 10.1 Å². The van der Waals surface area contributed by atoms with Crippen molar-refractivity contribution in [1.29, 1.82) is 0 Å². The first-order valence-electron chi connectivity index (χ1n) is 6.34. The van der Waals surface area contributed by atoms with Gasteiger partial charge in [-0.25, -0.2) is 0 Å². The summed E-state index contributed by atoms with van der Waals surface area (Å²) in [7, 11) is 0. The van der Waals surface area contributed by atoms with E-state index in [-0.39, 0.29) is 5.91 Å². The van der Waals surface area contributed by atoms with Gasteiger partial charge in [-0.15, -0.1) is 11.3 Å². The number of hydrogen-bond donors (Lipinski definition) is 1. The molecule has 0 saturated carbocycles. The van der Waals surface area contributed by atoms with Crippen LogP contribution in [0.3, 0.4) is 0 Å². The molecule has 19 heavy (non-hydrogen) atoms. The first-order valence-corrected chi connectivity index (χ1v) is 7.16. The van der Waals surface area contributed by atoms with Gasteiger partial charge in [0.05, 0.1) is 11.4 Å². The molecular formula is C15H17NO2S.